The van der Waals surface area contributed by atoms with E-state index < -0.39 is 167 Å². The Bertz CT molecular complexity index is 3740. The monoisotopic (exact) mass is 941 g/mol. The molecule has 16 nitrogen and oxygen atoms in total. The summed E-state index contributed by atoms with van der Waals surface area (Å²) in [7, 11) is -4.53. The molecule has 62 heavy (non-hydrogen) atoms. The summed E-state index contributed by atoms with van der Waals surface area (Å²) in [6, 6.07) is -1.01. The second kappa shape index (κ2) is 18.1. The molecule has 1 N–H and O–H groups in total. The molecular formula is C43H58Cl2N10O6S. The van der Waals surface area contributed by atoms with Crippen LogP contribution in [0.2, 0.25) is 10.6 Å². The standard InChI is InChI=1S/C25H32ClN5O4S.C18H26ClN5O2/c1-16-7-9-18(10-8-16)36(33,34)31-14-12-19-21(27-23(26)28-22(19)31)29(6)20-15-30(13-11-17(20)2)24(32)35-25(3,4)5;1-11-7-9-24(17(25)26-18(2,3)4)10-13(11)23(5)15-12-6-8-20-14(12)21-16(19)22-15/h7-10,12,14,17,20H,11,13,15H2,1-6H3;6,8,11,13H,7,9-10H2,1-5H3,(H,20,21,22)/i2D3,6D3,11D2,13D2,15D2,17D,20D;1D3,5D3,7D2,9D2,10D2,11D,13D. The van der Waals surface area contributed by atoms with Gasteiger partial charge in [0.1, 0.15) is 28.5 Å². The van der Waals surface area contributed by atoms with Crippen LogP contribution in [-0.2, 0) is 19.5 Å². The fourth-order valence-electron chi connectivity index (χ4n) is 5.26. The zero-order valence-electron chi connectivity index (χ0n) is 61.8. The van der Waals surface area contributed by atoms with E-state index in [1.54, 1.807) is 6.92 Å². The van der Waals surface area contributed by atoms with E-state index in [0.717, 1.165) is 12.3 Å². The van der Waals surface area contributed by atoms with Crippen molar-refractivity contribution in [1.29, 1.82) is 0 Å². The summed E-state index contributed by atoms with van der Waals surface area (Å²) >= 11 is 12.1. The topological polar surface area (TPSA) is 172 Å². The number of aromatic amines is 1. The molecule has 4 unspecified atom stereocenters. The summed E-state index contributed by atoms with van der Waals surface area (Å²) < 4.78 is 279. The highest BCUT2D eigenvalue weighted by molar-refractivity contribution is 7.90. The van der Waals surface area contributed by atoms with E-state index >= 15 is 0 Å². The zero-order valence-corrected chi connectivity index (χ0v) is 36.1. The molecule has 0 bridgehead atoms. The van der Waals surface area contributed by atoms with E-state index in [2.05, 4.69) is 24.9 Å². The van der Waals surface area contributed by atoms with Crippen molar-refractivity contribution in [1.82, 2.24) is 38.7 Å². The molecular weight excluding hydrogens is 856 g/mol. The number of fused-ring (bicyclic) bond motifs is 2. The number of aromatic nitrogens is 6. The molecule has 2 fully saturated rings. The van der Waals surface area contributed by atoms with Crippen molar-refractivity contribution in [3.8, 4) is 0 Å². The van der Waals surface area contributed by atoms with Crippen molar-refractivity contribution in [2.45, 2.75) is 103 Å². The highest BCUT2D eigenvalue weighted by Gasteiger charge is 2.37. The van der Waals surface area contributed by atoms with Crippen LogP contribution >= 0.6 is 23.2 Å². The van der Waals surface area contributed by atoms with Crippen LogP contribution in [0.3, 0.4) is 0 Å². The van der Waals surface area contributed by atoms with Gasteiger partial charge in [-0.15, -0.1) is 0 Å². The summed E-state index contributed by atoms with van der Waals surface area (Å²) in [6.07, 6.45) is -10.2. The van der Waals surface area contributed by atoms with Crippen LogP contribution in [-0.4, -0.2) is 122 Å². The molecule has 1 aromatic carbocycles. The molecule has 0 aliphatic carbocycles. The number of likely N-dealkylation sites (tertiary alicyclic amines) is 2. The lowest BCUT2D eigenvalue weighted by atomic mass is 9.92. The molecule has 7 rings (SSSR count). The predicted molar refractivity (Wildman–Crippen MR) is 243 cm³/mol. The average molecular weight is 942 g/mol. The maximum absolute atomic E-state index is 13.7. The fourth-order valence-corrected chi connectivity index (χ4v) is 6.88. The predicted octanol–water partition coefficient (Wildman–Crippen LogP) is 8.40. The number of carbonyl (C=O) groups excluding carboxylic acids is 2. The molecule has 4 atom stereocenters. The number of nitrogens with one attached hydrogen (secondary N) is 1. The van der Waals surface area contributed by atoms with Crippen LogP contribution in [0.15, 0.2) is 53.7 Å². The third kappa shape index (κ3) is 10.5. The quantitative estimate of drug-likeness (QED) is 0.162. The average Bonchev–Trinajstić information content (AvgIpc) is 0.707. The molecule has 2 saturated heterocycles. The van der Waals surface area contributed by atoms with Crippen LogP contribution in [0.5, 0.6) is 0 Å². The molecule has 2 aliphatic rings. The zero-order chi connectivity index (χ0) is 69.9. The van der Waals surface area contributed by atoms with Crippen molar-refractivity contribution in [2.24, 2.45) is 11.8 Å². The maximum atomic E-state index is 13.7. The number of nitrogens with zero attached hydrogens (tertiary/aromatic N) is 9. The first kappa shape index (κ1) is 22.2. The first-order valence-corrected chi connectivity index (χ1v) is 20.1. The van der Waals surface area contributed by atoms with Gasteiger partial charge in [-0.05, 0) is 120 Å². The van der Waals surface area contributed by atoms with Gasteiger partial charge in [0.25, 0.3) is 10.0 Å². The number of anilines is 2. The highest BCUT2D eigenvalue weighted by Crippen LogP contribution is 2.34. The first-order valence-electron chi connectivity index (χ1n) is 31.9. The number of halogens is 2. The lowest BCUT2D eigenvalue weighted by Crippen LogP contribution is -2.53. The van der Waals surface area contributed by atoms with Gasteiger partial charge in [0.05, 0.1) is 35.9 Å². The Morgan fingerprint density at radius 2 is 1.32 bits per heavy atom. The number of carbonyl (C=O) groups is 2. The van der Waals surface area contributed by atoms with E-state index in [4.69, 9.17) is 68.3 Å². The number of hydrogen-bond donors (Lipinski definition) is 1. The summed E-state index contributed by atoms with van der Waals surface area (Å²) in [5.41, 5.74) is -3.02. The van der Waals surface area contributed by atoms with Crippen LogP contribution in [0.4, 0.5) is 21.2 Å². The van der Waals surface area contributed by atoms with E-state index in [9.17, 15) is 20.7 Å². The number of hydrogen-bond acceptors (Lipinski definition) is 12. The van der Waals surface area contributed by atoms with Gasteiger partial charge in [0.15, 0.2) is 5.65 Å². The first-order chi connectivity index (χ1) is 39.8. The number of H-pyrrole nitrogens is 1. The van der Waals surface area contributed by atoms with Gasteiger partial charge in [-0.2, -0.15) is 19.9 Å². The third-order valence-corrected chi connectivity index (χ3v) is 9.95. The Morgan fingerprint density at radius 3 is 1.82 bits per heavy atom. The molecule has 0 radical (unpaired) electrons. The minimum Gasteiger partial charge on any atom is -0.444 e. The van der Waals surface area contributed by atoms with Gasteiger partial charge in [-0.1, -0.05) is 31.4 Å². The molecule has 6 heterocycles. The molecule has 2 aliphatic heterocycles. The lowest BCUT2D eigenvalue weighted by Gasteiger charge is -2.42. The lowest BCUT2D eigenvalue weighted by molar-refractivity contribution is 0.0155. The van der Waals surface area contributed by atoms with Crippen molar-refractivity contribution in [2.75, 3.05) is 49.7 Å². The van der Waals surface area contributed by atoms with Gasteiger partial charge < -0.3 is 34.1 Å². The van der Waals surface area contributed by atoms with Crippen LogP contribution in [0.1, 0.15) is 112 Å². The second-order valence-corrected chi connectivity index (χ2v) is 17.5. The van der Waals surface area contributed by atoms with Crippen LogP contribution < -0.4 is 9.80 Å². The van der Waals surface area contributed by atoms with Gasteiger partial charge in [0, 0.05) is 82.5 Å². The van der Waals surface area contributed by atoms with Crippen LogP contribution in [0.25, 0.3) is 22.1 Å². The normalized spacial score (nSPS) is 36.9. The van der Waals surface area contributed by atoms with Crippen molar-refractivity contribution >= 4 is 79.1 Å². The Morgan fingerprint density at radius 1 is 0.806 bits per heavy atom. The minimum absolute atomic E-state index is 0.143. The SMILES string of the molecule is [2H]C([2H])([2H])N(c1nc(Cl)nc2[nH]ccc12)C1([2H])C([2H])([2H])N(C(=O)OC(C)(C)C)C([2H])([2H])C([2H])([2H])C1([2H])C([2H])([2H])[2H].[2H]C([2H])([2H])N(c1nc(Cl)nc2c1ccn2S(=O)(=O)c1ccc(C)cc1)C1([2H])C([2H])([2H])N(C(=O)OC(C)(C)C)C([2H])([2H])C([2H])([2H])C1([2H])C([2H])([2H])[2H]. The molecule has 4 aromatic heterocycles. The number of likely N-dealkylation sites (N-methyl/N-ethyl adjacent to an activating group) is 2. The van der Waals surface area contributed by atoms with Gasteiger partial charge in [-0.3, -0.25) is 0 Å². The summed E-state index contributed by atoms with van der Waals surface area (Å²) in [6.45, 7) is -23.0. The molecule has 2 amide bonds. The second-order valence-electron chi connectivity index (χ2n) is 15.0. The Hall–Kier alpha value is -4.87. The summed E-state index contributed by atoms with van der Waals surface area (Å²) in [5, 5.41) is -2.40. The Labute approximate surface area is 413 Å². The van der Waals surface area contributed by atoms with Crippen LogP contribution in [0, 0.1) is 18.7 Å². The molecule has 0 saturated carbocycles. The van der Waals surface area contributed by atoms with E-state index in [0.29, 0.717) is 9.54 Å². The smallest absolute Gasteiger partial charge is 0.410 e. The minimum atomic E-state index is -4.53. The van der Waals surface area contributed by atoms with Gasteiger partial charge >= 0.3 is 12.2 Å². The van der Waals surface area contributed by atoms with E-state index in [1.165, 1.54) is 78.1 Å². The number of rotatable bonds is 6. The van der Waals surface area contributed by atoms with E-state index in [-0.39, 0.29) is 25.7 Å². The Balaban J connectivity index is 0.000000294. The third-order valence-electron chi connectivity index (χ3n) is 7.93. The highest BCUT2D eigenvalue weighted by atomic mass is 35.5. The largest absolute Gasteiger partial charge is 0.444 e. The number of benzene rings is 1. The van der Waals surface area contributed by atoms with Gasteiger partial charge in [-0.25, -0.2) is 22.0 Å². The Kier molecular flexibility index (Phi) is 6.46. The molecule has 5 aromatic rings. The number of amides is 2. The number of piperidine rings is 2. The van der Waals surface area contributed by atoms with Crippen molar-refractivity contribution in [3.05, 3.63) is 64.9 Å². The summed E-state index contributed by atoms with van der Waals surface area (Å²) in [4.78, 5) is 42.7. The maximum Gasteiger partial charge on any atom is 0.410 e. The number of ether oxygens (including phenoxy) is 2. The van der Waals surface area contributed by atoms with Crippen molar-refractivity contribution < 1.29 is 65.9 Å². The molecule has 19 heteroatoms. The van der Waals surface area contributed by atoms with Gasteiger partial charge in [0.2, 0.25) is 10.6 Å². The fraction of sp³-hybridized carbons (Fsp3) is 0.535. The summed E-state index contributed by atoms with van der Waals surface area (Å²) in [5.74, 6) is -10.8. The number of aryl methyl sites for hydroxylation is 1. The molecule has 336 valence electrons. The van der Waals surface area contributed by atoms with Crippen molar-refractivity contribution in [3.63, 3.8) is 0 Å². The van der Waals surface area contributed by atoms with E-state index in [1.807, 2.05) is 0 Å². The molecule has 0 spiro atoms.